The van der Waals surface area contributed by atoms with Crippen molar-refractivity contribution < 1.29 is 9.36 Å². The SMILES string of the molecule is C#CCC(=O)NP(N)(=O)SCCC. The second-order valence-electron chi connectivity index (χ2n) is 2.35. The lowest BCUT2D eigenvalue weighted by Gasteiger charge is -2.11. The number of rotatable bonds is 5. The molecule has 0 aliphatic rings. The summed E-state index contributed by atoms with van der Waals surface area (Å²) in [6.07, 6.45) is 5.67. The summed E-state index contributed by atoms with van der Waals surface area (Å²) in [7, 11) is 0. The molecule has 3 N–H and O–H groups in total. The van der Waals surface area contributed by atoms with E-state index >= 15 is 0 Å². The third-order valence-electron chi connectivity index (χ3n) is 1.03. The van der Waals surface area contributed by atoms with Gasteiger partial charge in [-0.3, -0.25) is 20.0 Å². The fraction of sp³-hybridized carbons (Fsp3) is 0.571. The van der Waals surface area contributed by atoms with Crippen molar-refractivity contribution >= 4 is 23.9 Å². The zero-order chi connectivity index (χ0) is 10.3. The second-order valence-corrected chi connectivity index (χ2v) is 6.83. The van der Waals surface area contributed by atoms with Gasteiger partial charge in [0, 0.05) is 5.75 Å². The average molecular weight is 220 g/mol. The van der Waals surface area contributed by atoms with E-state index in [9.17, 15) is 9.36 Å². The molecule has 0 saturated carbocycles. The Balaban J connectivity index is 3.95. The summed E-state index contributed by atoms with van der Waals surface area (Å²) in [5.41, 5.74) is 5.35. The Morgan fingerprint density at radius 2 is 2.38 bits per heavy atom. The molecule has 0 aromatic rings. The third kappa shape index (κ3) is 6.71. The summed E-state index contributed by atoms with van der Waals surface area (Å²) < 4.78 is 11.4. The van der Waals surface area contributed by atoms with Crippen LogP contribution in [-0.2, 0) is 9.36 Å². The van der Waals surface area contributed by atoms with Crippen molar-refractivity contribution in [3.63, 3.8) is 0 Å². The molecule has 0 aliphatic heterocycles. The number of amides is 1. The number of hydrogen-bond acceptors (Lipinski definition) is 3. The van der Waals surface area contributed by atoms with Gasteiger partial charge in [0.25, 0.3) is 6.65 Å². The predicted octanol–water partition coefficient (Wildman–Crippen LogP) is 1.34. The predicted molar refractivity (Wildman–Crippen MR) is 56.1 cm³/mol. The molecular formula is C7H13N2O2PS. The maximum atomic E-state index is 11.4. The fourth-order valence-corrected chi connectivity index (χ4v) is 3.37. The highest BCUT2D eigenvalue weighted by atomic mass is 32.7. The van der Waals surface area contributed by atoms with E-state index in [0.29, 0.717) is 5.75 Å². The Hall–Kier alpha value is -0.430. The van der Waals surface area contributed by atoms with Gasteiger partial charge in [0.05, 0.1) is 6.42 Å². The number of carbonyl (C=O) groups is 1. The molecule has 13 heavy (non-hydrogen) atoms. The number of carbonyl (C=O) groups excluding carboxylic acids is 1. The van der Waals surface area contributed by atoms with E-state index < -0.39 is 12.6 Å². The summed E-state index contributed by atoms with van der Waals surface area (Å²) in [4.78, 5) is 10.9. The van der Waals surface area contributed by atoms with Crippen LogP contribution in [0.4, 0.5) is 0 Å². The maximum absolute atomic E-state index is 11.4. The summed E-state index contributed by atoms with van der Waals surface area (Å²) in [6.45, 7) is -1.13. The van der Waals surface area contributed by atoms with Crippen molar-refractivity contribution in [1.29, 1.82) is 0 Å². The number of nitrogens with two attached hydrogens (primary N) is 1. The molecule has 0 heterocycles. The summed E-state index contributed by atoms with van der Waals surface area (Å²) in [5.74, 6) is 2.34. The molecule has 0 spiro atoms. The van der Waals surface area contributed by atoms with E-state index in [-0.39, 0.29) is 6.42 Å². The first-order valence-corrected chi connectivity index (χ1v) is 7.16. The Morgan fingerprint density at radius 1 is 1.77 bits per heavy atom. The standard InChI is InChI=1S/C7H13N2O2PS/c1-3-5-7(10)9-12(8,11)13-6-4-2/h1H,4-6H2,2H3,(H3,8,9,10,11). The van der Waals surface area contributed by atoms with Crippen molar-refractivity contribution in [2.75, 3.05) is 5.75 Å². The minimum atomic E-state index is -3.07. The Bertz CT molecular complexity index is 262. The minimum absolute atomic E-state index is 0.0894. The van der Waals surface area contributed by atoms with Gasteiger partial charge in [-0.1, -0.05) is 24.2 Å². The van der Waals surface area contributed by atoms with E-state index in [2.05, 4.69) is 11.0 Å². The molecule has 6 heteroatoms. The van der Waals surface area contributed by atoms with Crippen molar-refractivity contribution in [2.24, 2.45) is 5.50 Å². The normalized spacial score (nSPS) is 14.2. The molecule has 0 aromatic heterocycles. The zero-order valence-electron chi connectivity index (χ0n) is 7.45. The smallest absolute Gasteiger partial charge is 0.286 e. The molecule has 0 rings (SSSR count). The molecule has 1 unspecified atom stereocenters. The first-order valence-electron chi connectivity index (χ1n) is 3.79. The molecule has 1 amide bonds. The third-order valence-corrected chi connectivity index (χ3v) is 4.54. The highest BCUT2D eigenvalue weighted by Crippen LogP contribution is 2.46. The van der Waals surface area contributed by atoms with E-state index in [1.807, 2.05) is 6.92 Å². The molecule has 0 radical (unpaired) electrons. The first kappa shape index (κ1) is 12.6. The van der Waals surface area contributed by atoms with Gasteiger partial charge in [-0.2, -0.15) is 0 Å². The number of terminal acetylenes is 1. The molecule has 0 fully saturated rings. The van der Waals surface area contributed by atoms with Crippen LogP contribution in [0.1, 0.15) is 19.8 Å². The molecule has 74 valence electrons. The largest absolute Gasteiger partial charge is 0.289 e. The lowest BCUT2D eigenvalue weighted by atomic mass is 10.4. The highest BCUT2D eigenvalue weighted by molar-refractivity contribution is 8.56. The number of hydrogen-bond donors (Lipinski definition) is 2. The number of nitrogens with one attached hydrogen (secondary N) is 1. The molecule has 0 aliphatic carbocycles. The quantitative estimate of drug-likeness (QED) is 0.541. The molecule has 0 aromatic carbocycles. The van der Waals surface area contributed by atoms with Crippen LogP contribution in [0.15, 0.2) is 0 Å². The van der Waals surface area contributed by atoms with Gasteiger partial charge in [0.15, 0.2) is 0 Å². The Labute approximate surface area is 82.3 Å². The monoisotopic (exact) mass is 220 g/mol. The summed E-state index contributed by atoms with van der Waals surface area (Å²) in [5, 5.41) is 2.21. The van der Waals surface area contributed by atoms with Gasteiger partial charge in [-0.15, -0.1) is 6.42 Å². The summed E-state index contributed by atoms with van der Waals surface area (Å²) in [6, 6.07) is 0. The Kier molecular flexibility index (Phi) is 5.89. The lowest BCUT2D eigenvalue weighted by Crippen LogP contribution is -2.21. The molecule has 0 bridgehead atoms. The van der Waals surface area contributed by atoms with E-state index in [1.165, 1.54) is 0 Å². The maximum Gasteiger partial charge on any atom is 0.289 e. The van der Waals surface area contributed by atoms with Crippen molar-refractivity contribution in [3.8, 4) is 12.3 Å². The average Bonchev–Trinajstić information content (AvgIpc) is 2.00. The van der Waals surface area contributed by atoms with Gasteiger partial charge < -0.3 is 0 Å². The van der Waals surface area contributed by atoms with Crippen LogP contribution in [0, 0.1) is 12.3 Å². The Morgan fingerprint density at radius 3 is 2.85 bits per heavy atom. The van der Waals surface area contributed by atoms with Gasteiger partial charge in [0.2, 0.25) is 5.91 Å². The minimum Gasteiger partial charge on any atom is -0.286 e. The van der Waals surface area contributed by atoms with Crippen LogP contribution in [-0.4, -0.2) is 11.7 Å². The first-order chi connectivity index (χ1) is 6.02. The molecule has 4 nitrogen and oxygen atoms in total. The van der Waals surface area contributed by atoms with Gasteiger partial charge in [-0.05, 0) is 6.42 Å². The highest BCUT2D eigenvalue weighted by Gasteiger charge is 2.18. The van der Waals surface area contributed by atoms with Crippen LogP contribution in [0.25, 0.3) is 0 Å². The molecular weight excluding hydrogens is 207 g/mol. The zero-order valence-corrected chi connectivity index (χ0v) is 9.16. The van der Waals surface area contributed by atoms with Crippen LogP contribution in [0.3, 0.4) is 0 Å². The molecule has 0 saturated heterocycles. The summed E-state index contributed by atoms with van der Waals surface area (Å²) >= 11 is 1.07. The van der Waals surface area contributed by atoms with E-state index in [4.69, 9.17) is 11.9 Å². The van der Waals surface area contributed by atoms with Gasteiger partial charge in [-0.25, -0.2) is 0 Å². The fourth-order valence-electron chi connectivity index (χ4n) is 0.565. The van der Waals surface area contributed by atoms with Gasteiger partial charge >= 0.3 is 0 Å². The topological polar surface area (TPSA) is 72.2 Å². The second kappa shape index (κ2) is 6.09. The lowest BCUT2D eigenvalue weighted by molar-refractivity contribution is -0.118. The van der Waals surface area contributed by atoms with Crippen LogP contribution >= 0.6 is 18.0 Å². The van der Waals surface area contributed by atoms with Crippen molar-refractivity contribution in [2.45, 2.75) is 19.8 Å². The van der Waals surface area contributed by atoms with E-state index in [0.717, 1.165) is 17.8 Å². The van der Waals surface area contributed by atoms with Crippen molar-refractivity contribution in [1.82, 2.24) is 5.09 Å². The van der Waals surface area contributed by atoms with Gasteiger partial charge in [0.1, 0.15) is 0 Å². The molecule has 1 atom stereocenters. The van der Waals surface area contributed by atoms with Crippen LogP contribution in [0.5, 0.6) is 0 Å². The van der Waals surface area contributed by atoms with Crippen LogP contribution in [0.2, 0.25) is 0 Å². The van der Waals surface area contributed by atoms with Crippen molar-refractivity contribution in [3.05, 3.63) is 0 Å². The van der Waals surface area contributed by atoms with Crippen LogP contribution < -0.4 is 10.6 Å². The van der Waals surface area contributed by atoms with E-state index in [1.54, 1.807) is 0 Å².